The molecule has 0 aliphatic rings. The van der Waals surface area contributed by atoms with Gasteiger partial charge in [-0.05, 0) is 46.7 Å². The zero-order chi connectivity index (χ0) is 19.4. The van der Waals surface area contributed by atoms with Crippen molar-refractivity contribution in [1.82, 2.24) is 4.37 Å². The summed E-state index contributed by atoms with van der Waals surface area (Å²) in [6.07, 6.45) is -0.467. The molecule has 0 saturated heterocycles. The van der Waals surface area contributed by atoms with Crippen molar-refractivity contribution in [2.24, 2.45) is 5.92 Å². The molecular weight excluding hydrogens is 478 g/mol. The Morgan fingerprint density at radius 1 is 1.36 bits per heavy atom. The Balaban J connectivity index is 3.27. The molecule has 1 heterocycles. The second kappa shape index (κ2) is 9.60. The van der Waals surface area contributed by atoms with Crippen molar-refractivity contribution in [3.8, 4) is 0 Å². The van der Waals surface area contributed by atoms with E-state index in [9.17, 15) is 9.59 Å². The Hall–Kier alpha value is -0.280. The third-order valence-corrected chi connectivity index (χ3v) is 5.51. The average molecular weight is 497 g/mol. The van der Waals surface area contributed by atoms with Crippen LogP contribution in [0.3, 0.4) is 0 Å². The van der Waals surface area contributed by atoms with Gasteiger partial charge >= 0.3 is 12.1 Å². The standard InChI is InChI=1S/C14H18BrCl3N2O4S/c1-7(2)5-9(12(21)23-4)20(11-10(15)8(3)19-25-11)13(22)24-6-14(16,17)18/h7,9H,5-6H2,1-4H3/t9-/m0/s1. The lowest BCUT2D eigenvalue weighted by atomic mass is 10.0. The normalized spacial score (nSPS) is 12.8. The number of ether oxygens (including phenoxy) is 2. The number of carbonyl (C=O) groups is 2. The smallest absolute Gasteiger partial charge is 0.415 e. The molecule has 0 spiro atoms. The van der Waals surface area contributed by atoms with Gasteiger partial charge in [-0.2, -0.15) is 4.37 Å². The van der Waals surface area contributed by atoms with Crippen molar-refractivity contribution in [2.45, 2.75) is 37.0 Å². The summed E-state index contributed by atoms with van der Waals surface area (Å²) in [6.45, 7) is 5.16. The van der Waals surface area contributed by atoms with Gasteiger partial charge in [-0.15, -0.1) is 0 Å². The number of amides is 1. The van der Waals surface area contributed by atoms with Crippen LogP contribution in [0.5, 0.6) is 0 Å². The van der Waals surface area contributed by atoms with Gasteiger partial charge < -0.3 is 9.47 Å². The van der Waals surface area contributed by atoms with E-state index < -0.39 is 28.5 Å². The van der Waals surface area contributed by atoms with Crippen LogP contribution in [-0.2, 0) is 14.3 Å². The fourth-order valence-corrected chi connectivity index (χ4v) is 3.56. The summed E-state index contributed by atoms with van der Waals surface area (Å²) in [7, 11) is 1.26. The molecular formula is C14H18BrCl3N2O4S. The molecule has 1 amide bonds. The number of hydrogen-bond acceptors (Lipinski definition) is 6. The van der Waals surface area contributed by atoms with E-state index >= 15 is 0 Å². The largest absolute Gasteiger partial charge is 0.467 e. The van der Waals surface area contributed by atoms with Crippen LogP contribution in [0.4, 0.5) is 9.80 Å². The highest BCUT2D eigenvalue weighted by Gasteiger charge is 2.37. The van der Waals surface area contributed by atoms with E-state index in [1.54, 1.807) is 6.92 Å². The van der Waals surface area contributed by atoms with Crippen LogP contribution < -0.4 is 4.90 Å². The van der Waals surface area contributed by atoms with Crippen molar-refractivity contribution >= 4 is 79.3 Å². The van der Waals surface area contributed by atoms with E-state index in [4.69, 9.17) is 44.3 Å². The summed E-state index contributed by atoms with van der Waals surface area (Å²) in [5.74, 6) is -0.460. The number of aromatic nitrogens is 1. The van der Waals surface area contributed by atoms with Crippen molar-refractivity contribution in [1.29, 1.82) is 0 Å². The number of carbonyl (C=O) groups excluding carboxylic acids is 2. The van der Waals surface area contributed by atoms with Crippen LogP contribution >= 0.6 is 62.3 Å². The molecule has 1 rings (SSSR count). The molecule has 142 valence electrons. The summed E-state index contributed by atoms with van der Waals surface area (Å²) in [6, 6.07) is -0.899. The first-order valence-electron chi connectivity index (χ1n) is 7.20. The van der Waals surface area contributed by atoms with Crippen molar-refractivity contribution in [3.63, 3.8) is 0 Å². The summed E-state index contributed by atoms with van der Waals surface area (Å²) in [5.41, 5.74) is 0.673. The maximum Gasteiger partial charge on any atom is 0.415 e. The lowest BCUT2D eigenvalue weighted by Gasteiger charge is -2.29. The van der Waals surface area contributed by atoms with E-state index in [0.29, 0.717) is 21.6 Å². The molecule has 0 N–H and O–H groups in total. The molecule has 0 saturated carbocycles. The van der Waals surface area contributed by atoms with Crippen LogP contribution in [-0.4, -0.2) is 40.0 Å². The molecule has 0 fully saturated rings. The second-order valence-corrected chi connectivity index (χ2v) is 9.66. The highest BCUT2D eigenvalue weighted by Crippen LogP contribution is 2.37. The van der Waals surface area contributed by atoms with Gasteiger partial charge in [0.1, 0.15) is 17.6 Å². The summed E-state index contributed by atoms with van der Waals surface area (Å²) >= 11 is 21.4. The molecule has 0 radical (unpaired) electrons. The quantitative estimate of drug-likeness (QED) is 0.404. The van der Waals surface area contributed by atoms with E-state index in [1.807, 2.05) is 13.8 Å². The lowest BCUT2D eigenvalue weighted by molar-refractivity contribution is -0.142. The first-order chi connectivity index (χ1) is 11.5. The van der Waals surface area contributed by atoms with Crippen molar-refractivity contribution < 1.29 is 19.1 Å². The van der Waals surface area contributed by atoms with Gasteiger partial charge in [0.25, 0.3) is 0 Å². The molecule has 0 bridgehead atoms. The number of rotatable bonds is 6. The molecule has 6 nitrogen and oxygen atoms in total. The molecule has 0 unspecified atom stereocenters. The number of alkyl halides is 3. The predicted molar refractivity (Wildman–Crippen MR) is 104 cm³/mol. The van der Waals surface area contributed by atoms with E-state index in [2.05, 4.69) is 20.3 Å². The number of methoxy groups -OCH3 is 1. The monoisotopic (exact) mass is 494 g/mol. The van der Waals surface area contributed by atoms with Gasteiger partial charge in [-0.3, -0.25) is 4.90 Å². The van der Waals surface area contributed by atoms with Gasteiger partial charge in [0.2, 0.25) is 3.79 Å². The fourth-order valence-electron chi connectivity index (χ4n) is 1.95. The highest BCUT2D eigenvalue weighted by molar-refractivity contribution is 9.10. The van der Waals surface area contributed by atoms with Gasteiger partial charge in [0, 0.05) is 0 Å². The predicted octanol–water partition coefficient (Wildman–Crippen LogP) is 5.11. The van der Waals surface area contributed by atoms with Crippen molar-refractivity contribution in [2.75, 3.05) is 18.6 Å². The minimum atomic E-state index is -1.76. The average Bonchev–Trinajstić information content (AvgIpc) is 2.83. The topological polar surface area (TPSA) is 68.7 Å². The SMILES string of the molecule is COC(=O)[C@H](CC(C)C)N(C(=O)OCC(Cl)(Cl)Cl)c1snc(C)c1Br. The zero-order valence-electron chi connectivity index (χ0n) is 14.0. The molecule has 0 aliphatic carbocycles. The summed E-state index contributed by atoms with van der Waals surface area (Å²) < 4.78 is 13.0. The lowest BCUT2D eigenvalue weighted by Crippen LogP contribution is -2.47. The number of anilines is 1. The number of halogens is 4. The van der Waals surface area contributed by atoms with Crippen LogP contribution in [0.2, 0.25) is 0 Å². The van der Waals surface area contributed by atoms with E-state index in [-0.39, 0.29) is 5.92 Å². The van der Waals surface area contributed by atoms with Crippen molar-refractivity contribution in [3.05, 3.63) is 10.2 Å². The highest BCUT2D eigenvalue weighted by atomic mass is 79.9. The Kier molecular flexibility index (Phi) is 8.74. The molecule has 25 heavy (non-hydrogen) atoms. The van der Waals surface area contributed by atoms with Gasteiger partial charge in [0.05, 0.1) is 17.3 Å². The molecule has 1 aromatic heterocycles. The maximum atomic E-state index is 12.7. The van der Waals surface area contributed by atoms with Gasteiger partial charge in [-0.25, -0.2) is 9.59 Å². The minimum Gasteiger partial charge on any atom is -0.467 e. The Bertz CT molecular complexity index is 622. The third kappa shape index (κ3) is 6.75. The van der Waals surface area contributed by atoms with Crippen LogP contribution in [0.15, 0.2) is 4.47 Å². The Labute approximate surface area is 174 Å². The zero-order valence-corrected chi connectivity index (χ0v) is 18.7. The first kappa shape index (κ1) is 22.8. The van der Waals surface area contributed by atoms with E-state index in [1.165, 1.54) is 12.0 Å². The summed E-state index contributed by atoms with van der Waals surface area (Å²) in [5, 5.41) is 0.419. The molecule has 1 aromatic rings. The van der Waals surface area contributed by atoms with Gasteiger partial charge in [0.15, 0.2) is 0 Å². The Morgan fingerprint density at radius 3 is 2.36 bits per heavy atom. The molecule has 1 atom stereocenters. The molecule has 0 aromatic carbocycles. The fraction of sp³-hybridized carbons (Fsp3) is 0.643. The number of aryl methyl sites for hydroxylation is 1. The molecule has 0 aliphatic heterocycles. The minimum absolute atomic E-state index is 0.111. The molecule has 11 heteroatoms. The number of hydrogen-bond donors (Lipinski definition) is 0. The van der Waals surface area contributed by atoms with Crippen LogP contribution in [0, 0.1) is 12.8 Å². The summed E-state index contributed by atoms with van der Waals surface area (Å²) in [4.78, 5) is 26.2. The number of nitrogens with zero attached hydrogens (tertiary/aromatic N) is 2. The van der Waals surface area contributed by atoms with Crippen LogP contribution in [0.1, 0.15) is 26.0 Å². The van der Waals surface area contributed by atoms with Crippen LogP contribution in [0.25, 0.3) is 0 Å². The number of esters is 1. The third-order valence-electron chi connectivity index (χ3n) is 3.03. The second-order valence-electron chi connectivity index (χ2n) is 5.60. The maximum absolute atomic E-state index is 12.7. The first-order valence-corrected chi connectivity index (χ1v) is 9.90. The van der Waals surface area contributed by atoms with Gasteiger partial charge in [-0.1, -0.05) is 48.7 Å². The Morgan fingerprint density at radius 2 is 1.96 bits per heavy atom. The van der Waals surface area contributed by atoms with E-state index in [0.717, 1.165) is 11.5 Å².